The van der Waals surface area contributed by atoms with Gasteiger partial charge in [0, 0.05) is 38.3 Å². The molecule has 0 bridgehead atoms. The summed E-state index contributed by atoms with van der Waals surface area (Å²) in [4.78, 5) is 17.0. The monoisotopic (exact) mass is 311 g/mol. The first-order valence-corrected chi connectivity index (χ1v) is 8.83. The molecule has 0 atom stereocenters. The number of ether oxygens (including phenoxy) is 1. The molecule has 1 aliphatic carbocycles. The van der Waals surface area contributed by atoms with Crippen molar-refractivity contribution < 1.29 is 9.53 Å². The van der Waals surface area contributed by atoms with Gasteiger partial charge in [-0.15, -0.1) is 0 Å². The maximum Gasteiger partial charge on any atom is 0.407 e. The van der Waals surface area contributed by atoms with Gasteiger partial charge < -0.3 is 15.0 Å². The van der Waals surface area contributed by atoms with Crippen molar-refractivity contribution in [2.45, 2.75) is 71.1 Å². The fourth-order valence-electron chi connectivity index (χ4n) is 3.50. The Bertz CT molecular complexity index is 351. The summed E-state index contributed by atoms with van der Waals surface area (Å²) in [7, 11) is 0. The van der Waals surface area contributed by atoms with Crippen LogP contribution in [0.3, 0.4) is 0 Å². The van der Waals surface area contributed by atoms with Crippen LogP contribution in [0.25, 0.3) is 0 Å². The number of likely N-dealkylation sites (N-methyl/N-ethyl adjacent to an activating group) is 1. The first-order chi connectivity index (χ1) is 10.4. The van der Waals surface area contributed by atoms with E-state index < -0.39 is 5.60 Å². The molecule has 1 heterocycles. The molecule has 0 unspecified atom stereocenters. The van der Waals surface area contributed by atoms with Gasteiger partial charge in [0.05, 0.1) is 0 Å². The number of piperazine rings is 1. The smallest absolute Gasteiger partial charge is 0.407 e. The van der Waals surface area contributed by atoms with Crippen LogP contribution in [0.2, 0.25) is 0 Å². The van der Waals surface area contributed by atoms with E-state index in [2.05, 4.69) is 22.0 Å². The number of carbonyl (C=O) groups is 1. The second-order valence-corrected chi connectivity index (χ2v) is 7.62. The minimum absolute atomic E-state index is 0.271. The SMILES string of the molecule is CCN1CCN(C2CCC(NC(=O)OC(C)(C)C)CC2)CC1. The fraction of sp³-hybridized carbons (Fsp3) is 0.941. The molecule has 1 aliphatic heterocycles. The predicted octanol–water partition coefficient (Wildman–Crippen LogP) is 2.46. The van der Waals surface area contributed by atoms with Crippen LogP contribution < -0.4 is 5.32 Å². The van der Waals surface area contributed by atoms with Crippen molar-refractivity contribution in [3.8, 4) is 0 Å². The Balaban J connectivity index is 1.69. The number of nitrogens with zero attached hydrogens (tertiary/aromatic N) is 2. The Morgan fingerprint density at radius 3 is 2.18 bits per heavy atom. The van der Waals surface area contributed by atoms with Crippen LogP contribution in [0, 0.1) is 0 Å². The maximum atomic E-state index is 11.8. The molecule has 2 aliphatic rings. The zero-order chi connectivity index (χ0) is 16.2. The van der Waals surface area contributed by atoms with Gasteiger partial charge in [-0.3, -0.25) is 4.90 Å². The first kappa shape index (κ1) is 17.5. The fourth-order valence-corrected chi connectivity index (χ4v) is 3.50. The van der Waals surface area contributed by atoms with Gasteiger partial charge in [0.2, 0.25) is 0 Å². The molecule has 0 aromatic heterocycles. The quantitative estimate of drug-likeness (QED) is 0.869. The van der Waals surface area contributed by atoms with Crippen LogP contribution in [0.4, 0.5) is 4.79 Å². The van der Waals surface area contributed by atoms with E-state index in [0.29, 0.717) is 6.04 Å². The molecule has 1 saturated carbocycles. The highest BCUT2D eigenvalue weighted by Crippen LogP contribution is 2.24. The van der Waals surface area contributed by atoms with E-state index >= 15 is 0 Å². The summed E-state index contributed by atoms with van der Waals surface area (Å²) in [5, 5.41) is 3.03. The summed E-state index contributed by atoms with van der Waals surface area (Å²) in [6.45, 7) is 13.9. The minimum atomic E-state index is -0.416. The first-order valence-electron chi connectivity index (χ1n) is 8.83. The van der Waals surface area contributed by atoms with E-state index in [1.165, 1.54) is 45.6 Å². The van der Waals surface area contributed by atoms with Crippen molar-refractivity contribution in [2.75, 3.05) is 32.7 Å². The number of hydrogen-bond donors (Lipinski definition) is 1. The van der Waals surface area contributed by atoms with Crippen molar-refractivity contribution in [3.05, 3.63) is 0 Å². The van der Waals surface area contributed by atoms with Crippen LogP contribution in [0.1, 0.15) is 53.4 Å². The van der Waals surface area contributed by atoms with E-state index in [-0.39, 0.29) is 12.1 Å². The maximum absolute atomic E-state index is 11.8. The standard InChI is InChI=1S/C17H33N3O2/c1-5-19-10-12-20(13-11-19)15-8-6-14(7-9-15)18-16(21)22-17(2,3)4/h14-15H,5-13H2,1-4H3,(H,18,21). The summed E-state index contributed by atoms with van der Waals surface area (Å²) >= 11 is 0. The second kappa shape index (κ2) is 7.64. The Hall–Kier alpha value is -0.810. The highest BCUT2D eigenvalue weighted by atomic mass is 16.6. The Morgan fingerprint density at radius 1 is 1.09 bits per heavy atom. The zero-order valence-corrected chi connectivity index (χ0v) is 14.7. The van der Waals surface area contributed by atoms with Gasteiger partial charge in [0.25, 0.3) is 0 Å². The third-order valence-electron chi connectivity index (χ3n) is 4.79. The number of nitrogens with one attached hydrogen (secondary N) is 1. The van der Waals surface area contributed by atoms with Crippen LogP contribution in [0.15, 0.2) is 0 Å². The topological polar surface area (TPSA) is 44.8 Å². The van der Waals surface area contributed by atoms with E-state index in [1.807, 2.05) is 20.8 Å². The van der Waals surface area contributed by atoms with Gasteiger partial charge in [-0.2, -0.15) is 0 Å². The third-order valence-corrected chi connectivity index (χ3v) is 4.79. The summed E-state index contributed by atoms with van der Waals surface area (Å²) < 4.78 is 5.34. The molecule has 5 heteroatoms. The van der Waals surface area contributed by atoms with Gasteiger partial charge in [-0.1, -0.05) is 6.92 Å². The molecule has 1 saturated heterocycles. The van der Waals surface area contributed by atoms with Crippen molar-refractivity contribution >= 4 is 6.09 Å². The number of carbonyl (C=O) groups excluding carboxylic acids is 1. The molecule has 0 radical (unpaired) electrons. The molecule has 1 amide bonds. The van der Waals surface area contributed by atoms with E-state index in [9.17, 15) is 4.79 Å². The Labute approximate surface area is 135 Å². The molecule has 5 nitrogen and oxygen atoms in total. The summed E-state index contributed by atoms with van der Waals surface area (Å²) in [6, 6.07) is 0.985. The van der Waals surface area contributed by atoms with Crippen molar-refractivity contribution in [1.82, 2.24) is 15.1 Å². The van der Waals surface area contributed by atoms with Gasteiger partial charge in [-0.25, -0.2) is 4.79 Å². The third kappa shape index (κ3) is 5.43. The summed E-state index contributed by atoms with van der Waals surface area (Å²) in [5.74, 6) is 0. The second-order valence-electron chi connectivity index (χ2n) is 7.62. The Morgan fingerprint density at radius 2 is 1.68 bits per heavy atom. The predicted molar refractivity (Wildman–Crippen MR) is 89.1 cm³/mol. The average molecular weight is 311 g/mol. The molecule has 0 aromatic rings. The molecule has 2 rings (SSSR count). The lowest BCUT2D eigenvalue weighted by Gasteiger charge is -2.41. The Kier molecular flexibility index (Phi) is 6.09. The van der Waals surface area contributed by atoms with Crippen molar-refractivity contribution in [1.29, 1.82) is 0 Å². The van der Waals surface area contributed by atoms with Crippen LogP contribution >= 0.6 is 0 Å². The largest absolute Gasteiger partial charge is 0.444 e. The van der Waals surface area contributed by atoms with E-state index in [4.69, 9.17) is 4.74 Å². The van der Waals surface area contributed by atoms with Gasteiger partial charge in [-0.05, 0) is 53.0 Å². The molecule has 22 heavy (non-hydrogen) atoms. The molecule has 1 N–H and O–H groups in total. The molecule has 2 fully saturated rings. The number of alkyl carbamates (subject to hydrolysis) is 1. The van der Waals surface area contributed by atoms with Crippen LogP contribution in [-0.2, 0) is 4.74 Å². The summed E-state index contributed by atoms with van der Waals surface area (Å²) in [6.07, 6.45) is 4.24. The number of hydrogen-bond acceptors (Lipinski definition) is 4. The number of amides is 1. The normalized spacial score (nSPS) is 28.4. The zero-order valence-electron chi connectivity index (χ0n) is 14.7. The summed E-state index contributed by atoms with van der Waals surface area (Å²) in [5.41, 5.74) is -0.416. The van der Waals surface area contributed by atoms with E-state index in [0.717, 1.165) is 12.8 Å². The lowest BCUT2D eigenvalue weighted by atomic mass is 9.90. The van der Waals surface area contributed by atoms with Crippen molar-refractivity contribution in [3.63, 3.8) is 0 Å². The lowest BCUT2D eigenvalue weighted by Crippen LogP contribution is -2.52. The molecule has 128 valence electrons. The molecule has 0 spiro atoms. The minimum Gasteiger partial charge on any atom is -0.444 e. The van der Waals surface area contributed by atoms with Gasteiger partial charge >= 0.3 is 6.09 Å². The van der Waals surface area contributed by atoms with Crippen molar-refractivity contribution in [2.24, 2.45) is 0 Å². The molecule has 0 aromatic carbocycles. The van der Waals surface area contributed by atoms with Crippen LogP contribution in [0.5, 0.6) is 0 Å². The lowest BCUT2D eigenvalue weighted by molar-refractivity contribution is 0.0453. The number of rotatable bonds is 3. The van der Waals surface area contributed by atoms with Gasteiger partial charge in [0.15, 0.2) is 0 Å². The average Bonchev–Trinajstić information content (AvgIpc) is 2.46. The van der Waals surface area contributed by atoms with Gasteiger partial charge in [0.1, 0.15) is 5.60 Å². The molecular weight excluding hydrogens is 278 g/mol. The molecular formula is C17H33N3O2. The van der Waals surface area contributed by atoms with Crippen LogP contribution in [-0.4, -0.2) is 66.3 Å². The van der Waals surface area contributed by atoms with E-state index in [1.54, 1.807) is 0 Å². The highest BCUT2D eigenvalue weighted by Gasteiger charge is 2.29. The highest BCUT2D eigenvalue weighted by molar-refractivity contribution is 5.68.